The molecule has 2 heterocycles. The average Bonchev–Trinajstić information content (AvgIpc) is 2.42. The van der Waals surface area contributed by atoms with Crippen LogP contribution in [0.5, 0.6) is 11.6 Å². The molecular formula is C14H17N3O. The summed E-state index contributed by atoms with van der Waals surface area (Å²) in [6, 6.07) is 7.70. The summed E-state index contributed by atoms with van der Waals surface area (Å²) in [5.41, 5.74) is 7.03. The lowest BCUT2D eigenvalue weighted by molar-refractivity contribution is 0.460. The first-order valence-electron chi connectivity index (χ1n) is 6.06. The van der Waals surface area contributed by atoms with Crippen LogP contribution in [-0.2, 0) is 6.42 Å². The molecule has 0 fully saturated rings. The Balaban J connectivity index is 2.00. The molecule has 0 bridgehead atoms. The summed E-state index contributed by atoms with van der Waals surface area (Å²) in [7, 11) is 0. The molecule has 4 heteroatoms. The minimum Gasteiger partial charge on any atom is -0.437 e. The van der Waals surface area contributed by atoms with E-state index in [1.54, 1.807) is 18.6 Å². The zero-order valence-electron chi connectivity index (χ0n) is 10.4. The summed E-state index contributed by atoms with van der Waals surface area (Å²) in [4.78, 5) is 8.24. The van der Waals surface area contributed by atoms with Gasteiger partial charge in [0.05, 0.1) is 6.20 Å². The van der Waals surface area contributed by atoms with Gasteiger partial charge in [0, 0.05) is 24.5 Å². The molecule has 4 nitrogen and oxygen atoms in total. The predicted octanol–water partition coefficient (Wildman–Crippen LogP) is 2.55. The monoisotopic (exact) mass is 243 g/mol. The first kappa shape index (κ1) is 12.5. The Kier molecular flexibility index (Phi) is 4.25. The lowest BCUT2D eigenvalue weighted by atomic mass is 10.1. The van der Waals surface area contributed by atoms with Crippen molar-refractivity contribution in [2.45, 2.75) is 25.8 Å². The highest BCUT2D eigenvalue weighted by Gasteiger charge is 2.03. The van der Waals surface area contributed by atoms with Gasteiger partial charge in [-0.25, -0.2) is 4.98 Å². The summed E-state index contributed by atoms with van der Waals surface area (Å²) in [5.74, 6) is 1.25. The van der Waals surface area contributed by atoms with Crippen LogP contribution in [0.4, 0.5) is 0 Å². The van der Waals surface area contributed by atoms with Crippen molar-refractivity contribution in [2.75, 3.05) is 0 Å². The maximum atomic E-state index is 5.90. The Morgan fingerprint density at radius 3 is 2.78 bits per heavy atom. The molecule has 0 aromatic carbocycles. The first-order chi connectivity index (χ1) is 8.78. The standard InChI is InChI=1S/C14H17N3O/c1-2-12(15)8-11-5-6-14(17-9-11)18-13-4-3-7-16-10-13/h3-7,9-10,12H,2,8,15H2,1H3. The van der Waals surface area contributed by atoms with Gasteiger partial charge in [-0.2, -0.15) is 0 Å². The topological polar surface area (TPSA) is 61.0 Å². The first-order valence-corrected chi connectivity index (χ1v) is 6.06. The molecule has 0 spiro atoms. The van der Waals surface area contributed by atoms with Crippen LogP contribution in [0.15, 0.2) is 42.9 Å². The highest BCUT2D eigenvalue weighted by atomic mass is 16.5. The molecule has 0 radical (unpaired) electrons. The van der Waals surface area contributed by atoms with E-state index in [9.17, 15) is 0 Å². The number of hydrogen-bond donors (Lipinski definition) is 1. The minimum atomic E-state index is 0.192. The van der Waals surface area contributed by atoms with E-state index in [2.05, 4.69) is 16.9 Å². The molecule has 0 saturated heterocycles. The SMILES string of the molecule is CCC(N)Cc1ccc(Oc2cccnc2)nc1. The second kappa shape index (κ2) is 6.12. The van der Waals surface area contributed by atoms with Crippen LogP contribution in [0.2, 0.25) is 0 Å². The van der Waals surface area contributed by atoms with E-state index in [0.717, 1.165) is 18.4 Å². The Morgan fingerprint density at radius 2 is 2.17 bits per heavy atom. The quantitative estimate of drug-likeness (QED) is 0.876. The Hall–Kier alpha value is -1.94. The van der Waals surface area contributed by atoms with Gasteiger partial charge in [-0.1, -0.05) is 13.0 Å². The van der Waals surface area contributed by atoms with E-state index < -0.39 is 0 Å². The highest BCUT2D eigenvalue weighted by Crippen LogP contribution is 2.17. The maximum Gasteiger partial charge on any atom is 0.219 e. The van der Waals surface area contributed by atoms with Gasteiger partial charge in [-0.05, 0) is 30.5 Å². The van der Waals surface area contributed by atoms with Crippen LogP contribution in [0.1, 0.15) is 18.9 Å². The minimum absolute atomic E-state index is 0.192. The van der Waals surface area contributed by atoms with Crippen molar-refractivity contribution in [3.63, 3.8) is 0 Å². The van der Waals surface area contributed by atoms with Gasteiger partial charge in [0.2, 0.25) is 5.88 Å². The van der Waals surface area contributed by atoms with Crippen molar-refractivity contribution < 1.29 is 4.74 Å². The molecule has 0 aliphatic rings. The summed E-state index contributed by atoms with van der Waals surface area (Å²) < 4.78 is 5.56. The van der Waals surface area contributed by atoms with Gasteiger partial charge in [-0.3, -0.25) is 4.98 Å². The predicted molar refractivity (Wildman–Crippen MR) is 70.5 cm³/mol. The Labute approximate surface area is 107 Å². The third kappa shape index (κ3) is 3.53. The highest BCUT2D eigenvalue weighted by molar-refractivity contribution is 5.25. The number of pyridine rings is 2. The van der Waals surface area contributed by atoms with E-state index in [4.69, 9.17) is 10.5 Å². The number of nitrogens with two attached hydrogens (primary N) is 1. The number of aromatic nitrogens is 2. The smallest absolute Gasteiger partial charge is 0.219 e. The second-order valence-electron chi connectivity index (χ2n) is 4.17. The molecule has 0 aliphatic carbocycles. The van der Waals surface area contributed by atoms with Gasteiger partial charge in [-0.15, -0.1) is 0 Å². The fraction of sp³-hybridized carbons (Fsp3) is 0.286. The summed E-state index contributed by atoms with van der Waals surface area (Å²) >= 11 is 0. The van der Waals surface area contributed by atoms with Crippen molar-refractivity contribution in [3.8, 4) is 11.6 Å². The Morgan fingerprint density at radius 1 is 1.28 bits per heavy atom. The molecule has 1 atom stereocenters. The molecular weight excluding hydrogens is 226 g/mol. The third-order valence-electron chi connectivity index (χ3n) is 2.68. The van der Waals surface area contributed by atoms with Crippen LogP contribution in [0, 0.1) is 0 Å². The van der Waals surface area contributed by atoms with Crippen LogP contribution >= 0.6 is 0 Å². The second-order valence-corrected chi connectivity index (χ2v) is 4.17. The van der Waals surface area contributed by atoms with Gasteiger partial charge in [0.1, 0.15) is 5.75 Å². The molecule has 2 N–H and O–H groups in total. The van der Waals surface area contributed by atoms with Crippen LogP contribution < -0.4 is 10.5 Å². The fourth-order valence-corrected chi connectivity index (χ4v) is 1.57. The van der Waals surface area contributed by atoms with Crippen molar-refractivity contribution in [1.29, 1.82) is 0 Å². The van der Waals surface area contributed by atoms with E-state index in [1.165, 1.54) is 0 Å². The van der Waals surface area contributed by atoms with Crippen LogP contribution in [-0.4, -0.2) is 16.0 Å². The van der Waals surface area contributed by atoms with E-state index in [1.807, 2.05) is 24.3 Å². The number of ether oxygens (including phenoxy) is 1. The van der Waals surface area contributed by atoms with Crippen molar-refractivity contribution >= 4 is 0 Å². The molecule has 2 rings (SSSR count). The number of hydrogen-bond acceptors (Lipinski definition) is 4. The van der Waals surface area contributed by atoms with Crippen molar-refractivity contribution in [3.05, 3.63) is 48.4 Å². The van der Waals surface area contributed by atoms with Crippen LogP contribution in [0.25, 0.3) is 0 Å². The zero-order valence-corrected chi connectivity index (χ0v) is 10.4. The number of nitrogens with zero attached hydrogens (tertiary/aromatic N) is 2. The summed E-state index contributed by atoms with van der Waals surface area (Å²) in [6.45, 7) is 2.08. The van der Waals surface area contributed by atoms with E-state index in [0.29, 0.717) is 11.6 Å². The van der Waals surface area contributed by atoms with Gasteiger partial charge in [0.25, 0.3) is 0 Å². The maximum absolute atomic E-state index is 5.90. The van der Waals surface area contributed by atoms with Crippen molar-refractivity contribution in [1.82, 2.24) is 9.97 Å². The number of rotatable bonds is 5. The Bertz CT molecular complexity index is 470. The van der Waals surface area contributed by atoms with Crippen LogP contribution in [0.3, 0.4) is 0 Å². The molecule has 1 unspecified atom stereocenters. The molecule has 0 aliphatic heterocycles. The zero-order chi connectivity index (χ0) is 12.8. The molecule has 2 aromatic rings. The lowest BCUT2D eigenvalue weighted by Gasteiger charge is -2.09. The fourth-order valence-electron chi connectivity index (χ4n) is 1.57. The van der Waals surface area contributed by atoms with Crippen molar-refractivity contribution in [2.24, 2.45) is 5.73 Å². The summed E-state index contributed by atoms with van der Waals surface area (Å²) in [6.07, 6.45) is 6.98. The van der Waals surface area contributed by atoms with E-state index in [-0.39, 0.29) is 6.04 Å². The van der Waals surface area contributed by atoms with Gasteiger partial charge >= 0.3 is 0 Å². The summed E-state index contributed by atoms with van der Waals surface area (Å²) in [5, 5.41) is 0. The molecule has 18 heavy (non-hydrogen) atoms. The molecule has 94 valence electrons. The molecule has 0 amide bonds. The largest absolute Gasteiger partial charge is 0.437 e. The third-order valence-corrected chi connectivity index (χ3v) is 2.68. The normalized spacial score (nSPS) is 12.1. The molecule has 2 aromatic heterocycles. The average molecular weight is 243 g/mol. The van der Waals surface area contributed by atoms with E-state index >= 15 is 0 Å². The molecule has 0 saturated carbocycles. The van der Waals surface area contributed by atoms with Gasteiger partial charge < -0.3 is 10.5 Å². The lowest BCUT2D eigenvalue weighted by Crippen LogP contribution is -2.21. The van der Waals surface area contributed by atoms with Gasteiger partial charge in [0.15, 0.2) is 0 Å².